The van der Waals surface area contributed by atoms with Crippen LogP contribution in [-0.4, -0.2) is 18.8 Å². The van der Waals surface area contributed by atoms with Crippen LogP contribution in [0.15, 0.2) is 12.7 Å². The molecule has 0 aliphatic heterocycles. The van der Waals surface area contributed by atoms with Gasteiger partial charge >= 0.3 is 0 Å². The molecule has 2 N–H and O–H groups in total. The van der Waals surface area contributed by atoms with E-state index in [0.29, 0.717) is 12.1 Å². The summed E-state index contributed by atoms with van der Waals surface area (Å²) in [5.41, 5.74) is 5.80. The van der Waals surface area contributed by atoms with Gasteiger partial charge in [0.25, 0.3) is 0 Å². The van der Waals surface area contributed by atoms with Crippen molar-refractivity contribution >= 4 is 0 Å². The fourth-order valence-corrected chi connectivity index (χ4v) is 1.73. The molecule has 0 saturated heterocycles. The van der Waals surface area contributed by atoms with Crippen LogP contribution in [0.25, 0.3) is 0 Å². The topological polar surface area (TPSA) is 35.2 Å². The van der Waals surface area contributed by atoms with E-state index in [2.05, 4.69) is 6.58 Å². The average molecular weight is 183 g/mol. The second-order valence-corrected chi connectivity index (χ2v) is 3.84. The largest absolute Gasteiger partial charge is 0.378 e. The Morgan fingerprint density at radius 2 is 2.00 bits per heavy atom. The van der Waals surface area contributed by atoms with Gasteiger partial charge in [-0.3, -0.25) is 0 Å². The highest BCUT2D eigenvalue weighted by Gasteiger charge is 2.18. The minimum Gasteiger partial charge on any atom is -0.378 e. The molecule has 0 radical (unpaired) electrons. The summed E-state index contributed by atoms with van der Waals surface area (Å²) in [4.78, 5) is 0. The lowest BCUT2D eigenvalue weighted by Crippen LogP contribution is -2.30. The molecule has 0 bridgehead atoms. The predicted molar refractivity (Wildman–Crippen MR) is 55.6 cm³/mol. The van der Waals surface area contributed by atoms with E-state index in [4.69, 9.17) is 10.5 Å². The third-order valence-corrected chi connectivity index (χ3v) is 2.63. The number of hydrogen-bond donors (Lipinski definition) is 1. The maximum Gasteiger partial charge on any atom is 0.0576 e. The number of unbranched alkanes of at least 4 members (excludes halogenated alkanes) is 1. The molecule has 0 unspecified atom stereocenters. The Morgan fingerprint density at radius 3 is 2.62 bits per heavy atom. The molecule has 0 heterocycles. The van der Waals surface area contributed by atoms with Crippen molar-refractivity contribution in [2.24, 2.45) is 5.73 Å². The monoisotopic (exact) mass is 183 g/mol. The molecule has 0 amide bonds. The second kappa shape index (κ2) is 6.17. The molecule has 1 aliphatic carbocycles. The maximum atomic E-state index is 5.80. The van der Waals surface area contributed by atoms with Crippen LogP contribution in [0.1, 0.15) is 38.5 Å². The molecule has 13 heavy (non-hydrogen) atoms. The first-order valence-corrected chi connectivity index (χ1v) is 5.31. The van der Waals surface area contributed by atoms with Gasteiger partial charge in [-0.05, 0) is 38.5 Å². The van der Waals surface area contributed by atoms with Gasteiger partial charge in [0, 0.05) is 12.6 Å². The van der Waals surface area contributed by atoms with E-state index in [1.165, 1.54) is 0 Å². The predicted octanol–water partition coefficient (Wildman–Crippen LogP) is 2.24. The molecule has 1 rings (SSSR count). The lowest BCUT2D eigenvalue weighted by Gasteiger charge is -2.26. The first-order valence-electron chi connectivity index (χ1n) is 5.31. The molecule has 1 saturated carbocycles. The van der Waals surface area contributed by atoms with Crippen molar-refractivity contribution in [1.82, 2.24) is 0 Å². The van der Waals surface area contributed by atoms with E-state index >= 15 is 0 Å². The van der Waals surface area contributed by atoms with Gasteiger partial charge in [0.05, 0.1) is 6.10 Å². The van der Waals surface area contributed by atoms with Crippen molar-refractivity contribution in [1.29, 1.82) is 0 Å². The second-order valence-electron chi connectivity index (χ2n) is 3.84. The molecule has 2 nitrogen and oxygen atoms in total. The smallest absolute Gasteiger partial charge is 0.0576 e. The van der Waals surface area contributed by atoms with Gasteiger partial charge in [-0.2, -0.15) is 0 Å². The molecular weight excluding hydrogens is 162 g/mol. The van der Waals surface area contributed by atoms with Crippen LogP contribution in [0.5, 0.6) is 0 Å². The van der Waals surface area contributed by atoms with Crippen molar-refractivity contribution in [2.75, 3.05) is 6.61 Å². The number of allylic oxidation sites excluding steroid dienone is 1. The summed E-state index contributed by atoms with van der Waals surface area (Å²) in [6.45, 7) is 4.56. The number of rotatable bonds is 5. The van der Waals surface area contributed by atoms with Crippen molar-refractivity contribution < 1.29 is 4.74 Å². The number of ether oxygens (including phenoxy) is 1. The van der Waals surface area contributed by atoms with Crippen molar-refractivity contribution in [2.45, 2.75) is 50.7 Å². The molecule has 0 atom stereocenters. The van der Waals surface area contributed by atoms with Crippen molar-refractivity contribution in [3.8, 4) is 0 Å². The van der Waals surface area contributed by atoms with Gasteiger partial charge in [0.15, 0.2) is 0 Å². The molecule has 0 aromatic heterocycles. The summed E-state index contributed by atoms with van der Waals surface area (Å²) in [5.74, 6) is 0. The summed E-state index contributed by atoms with van der Waals surface area (Å²) in [6.07, 6.45) is 9.14. The van der Waals surface area contributed by atoms with Crippen LogP contribution >= 0.6 is 0 Å². The zero-order valence-corrected chi connectivity index (χ0v) is 8.37. The highest BCUT2D eigenvalue weighted by atomic mass is 16.5. The van der Waals surface area contributed by atoms with E-state index in [0.717, 1.165) is 45.1 Å². The number of hydrogen-bond acceptors (Lipinski definition) is 2. The van der Waals surface area contributed by atoms with E-state index in [9.17, 15) is 0 Å². The summed E-state index contributed by atoms with van der Waals surface area (Å²) in [7, 11) is 0. The molecule has 2 heteroatoms. The van der Waals surface area contributed by atoms with Crippen LogP contribution < -0.4 is 5.73 Å². The van der Waals surface area contributed by atoms with Crippen LogP contribution in [-0.2, 0) is 4.74 Å². The lowest BCUT2D eigenvalue weighted by molar-refractivity contribution is 0.0243. The quantitative estimate of drug-likeness (QED) is 0.524. The SMILES string of the molecule is C=CCCCOC1CCC(N)CC1. The highest BCUT2D eigenvalue weighted by molar-refractivity contribution is 4.74. The van der Waals surface area contributed by atoms with Gasteiger partial charge in [-0.15, -0.1) is 6.58 Å². The van der Waals surface area contributed by atoms with Gasteiger partial charge in [0.1, 0.15) is 0 Å². The van der Waals surface area contributed by atoms with E-state index in [1.807, 2.05) is 6.08 Å². The summed E-state index contributed by atoms with van der Waals surface area (Å²) in [5, 5.41) is 0. The van der Waals surface area contributed by atoms with Gasteiger partial charge < -0.3 is 10.5 Å². The first kappa shape index (κ1) is 10.7. The third kappa shape index (κ3) is 4.44. The van der Waals surface area contributed by atoms with E-state index in [1.54, 1.807) is 0 Å². The molecular formula is C11H21NO. The molecule has 76 valence electrons. The summed E-state index contributed by atoms with van der Waals surface area (Å²) < 4.78 is 5.73. The Balaban J connectivity index is 1.99. The van der Waals surface area contributed by atoms with Crippen LogP contribution in [0.2, 0.25) is 0 Å². The van der Waals surface area contributed by atoms with E-state index in [-0.39, 0.29) is 0 Å². The molecule has 1 aliphatic rings. The normalized spacial score (nSPS) is 28.7. The Kier molecular flexibility index (Phi) is 5.09. The molecule has 0 spiro atoms. The zero-order chi connectivity index (χ0) is 9.52. The summed E-state index contributed by atoms with van der Waals surface area (Å²) in [6, 6.07) is 0.424. The Hall–Kier alpha value is -0.340. The minimum atomic E-state index is 0.424. The van der Waals surface area contributed by atoms with Crippen LogP contribution in [0.3, 0.4) is 0 Å². The first-order chi connectivity index (χ1) is 6.33. The van der Waals surface area contributed by atoms with Crippen molar-refractivity contribution in [3.05, 3.63) is 12.7 Å². The standard InChI is InChI=1S/C11H21NO/c1-2-3-4-9-13-11-7-5-10(12)6-8-11/h2,10-11H,1,3-9,12H2. The highest BCUT2D eigenvalue weighted by Crippen LogP contribution is 2.19. The Bertz CT molecular complexity index is 139. The molecule has 0 aromatic rings. The zero-order valence-electron chi connectivity index (χ0n) is 8.37. The van der Waals surface area contributed by atoms with Crippen LogP contribution in [0.4, 0.5) is 0 Å². The maximum absolute atomic E-state index is 5.80. The fourth-order valence-electron chi connectivity index (χ4n) is 1.73. The van der Waals surface area contributed by atoms with Crippen LogP contribution in [0, 0.1) is 0 Å². The van der Waals surface area contributed by atoms with Gasteiger partial charge in [-0.25, -0.2) is 0 Å². The van der Waals surface area contributed by atoms with Gasteiger partial charge in [-0.1, -0.05) is 6.08 Å². The van der Waals surface area contributed by atoms with E-state index < -0.39 is 0 Å². The fraction of sp³-hybridized carbons (Fsp3) is 0.818. The lowest BCUT2D eigenvalue weighted by atomic mass is 9.94. The molecule has 0 aromatic carbocycles. The molecule has 1 fully saturated rings. The Labute approximate surface area is 81.1 Å². The number of nitrogens with two attached hydrogens (primary N) is 1. The third-order valence-electron chi connectivity index (χ3n) is 2.63. The summed E-state index contributed by atoms with van der Waals surface area (Å²) >= 11 is 0. The Morgan fingerprint density at radius 1 is 1.31 bits per heavy atom. The van der Waals surface area contributed by atoms with Gasteiger partial charge in [0.2, 0.25) is 0 Å². The average Bonchev–Trinajstić information content (AvgIpc) is 2.15. The van der Waals surface area contributed by atoms with Crippen molar-refractivity contribution in [3.63, 3.8) is 0 Å². The minimum absolute atomic E-state index is 0.424.